The van der Waals surface area contributed by atoms with Crippen LogP contribution in [-0.4, -0.2) is 33.2 Å². The summed E-state index contributed by atoms with van der Waals surface area (Å²) in [5.41, 5.74) is 2.76. The number of thiazole rings is 1. The summed E-state index contributed by atoms with van der Waals surface area (Å²) in [6.07, 6.45) is 0.195. The first-order valence-corrected chi connectivity index (χ1v) is 10.9. The third-order valence-electron chi connectivity index (χ3n) is 4.66. The molecule has 0 fully saturated rings. The fourth-order valence-electron chi connectivity index (χ4n) is 2.93. The lowest BCUT2D eigenvalue weighted by Crippen LogP contribution is -2.25. The van der Waals surface area contributed by atoms with Crippen molar-refractivity contribution in [3.05, 3.63) is 76.0 Å². The second-order valence-electron chi connectivity index (χ2n) is 7.12. The minimum atomic E-state index is -0.135. The van der Waals surface area contributed by atoms with E-state index in [0.29, 0.717) is 23.9 Å². The number of nitrogens with one attached hydrogen (secondary N) is 2. The SMILES string of the molecule is COc1ccc(-c2n[nH]c(CNC(=O)Cc3csc(COc4ccc(C)cc4)n3)n2)cc1. The van der Waals surface area contributed by atoms with E-state index < -0.39 is 0 Å². The Bertz CT molecular complexity index is 1170. The van der Waals surface area contributed by atoms with Gasteiger partial charge in [0.25, 0.3) is 0 Å². The number of nitrogens with zero attached hydrogens (tertiary/aromatic N) is 3. The third kappa shape index (κ3) is 5.70. The van der Waals surface area contributed by atoms with Crippen LogP contribution in [0.2, 0.25) is 0 Å². The van der Waals surface area contributed by atoms with Gasteiger partial charge in [0.15, 0.2) is 5.82 Å². The molecule has 0 aliphatic heterocycles. The predicted octanol–water partition coefficient (Wildman–Crippen LogP) is 3.68. The van der Waals surface area contributed by atoms with Gasteiger partial charge in [-0.15, -0.1) is 11.3 Å². The number of benzene rings is 2. The second kappa shape index (κ2) is 10.1. The zero-order valence-electron chi connectivity index (χ0n) is 17.8. The molecule has 2 aromatic carbocycles. The summed E-state index contributed by atoms with van der Waals surface area (Å²) in [4.78, 5) is 21.2. The number of H-pyrrole nitrogens is 1. The van der Waals surface area contributed by atoms with E-state index in [1.54, 1.807) is 7.11 Å². The van der Waals surface area contributed by atoms with Crippen molar-refractivity contribution in [1.82, 2.24) is 25.5 Å². The highest BCUT2D eigenvalue weighted by Gasteiger charge is 2.11. The second-order valence-corrected chi connectivity index (χ2v) is 8.06. The normalized spacial score (nSPS) is 10.7. The van der Waals surface area contributed by atoms with Crippen molar-refractivity contribution in [2.24, 2.45) is 0 Å². The average molecular weight is 450 g/mol. The van der Waals surface area contributed by atoms with Crippen LogP contribution in [0.5, 0.6) is 11.5 Å². The molecule has 0 spiro atoms. The number of rotatable bonds is 9. The maximum atomic E-state index is 12.3. The maximum Gasteiger partial charge on any atom is 0.226 e. The zero-order valence-corrected chi connectivity index (χ0v) is 18.6. The molecule has 4 aromatic rings. The third-order valence-corrected chi connectivity index (χ3v) is 5.53. The molecule has 0 unspecified atom stereocenters. The van der Waals surface area contributed by atoms with Crippen LogP contribution in [0.1, 0.15) is 22.1 Å². The van der Waals surface area contributed by atoms with Gasteiger partial charge in [-0.3, -0.25) is 9.89 Å². The first-order valence-electron chi connectivity index (χ1n) is 10.0. The molecular weight excluding hydrogens is 426 g/mol. The Hall–Kier alpha value is -3.72. The van der Waals surface area contributed by atoms with E-state index in [1.807, 2.05) is 60.8 Å². The summed E-state index contributed by atoms with van der Waals surface area (Å²) in [5.74, 6) is 2.57. The van der Waals surface area contributed by atoms with Crippen LogP contribution in [0, 0.1) is 6.92 Å². The molecular formula is C23H23N5O3S. The molecule has 4 rings (SSSR count). The van der Waals surface area contributed by atoms with Crippen LogP contribution in [0.25, 0.3) is 11.4 Å². The lowest BCUT2D eigenvalue weighted by molar-refractivity contribution is -0.120. The summed E-state index contributed by atoms with van der Waals surface area (Å²) >= 11 is 1.48. The number of methoxy groups -OCH3 is 1. The Kier molecular flexibility index (Phi) is 6.76. The Labute approximate surface area is 189 Å². The van der Waals surface area contributed by atoms with Gasteiger partial charge in [-0.2, -0.15) is 5.10 Å². The fraction of sp³-hybridized carbons (Fsp3) is 0.217. The molecule has 1 amide bonds. The van der Waals surface area contributed by atoms with Crippen LogP contribution in [0.15, 0.2) is 53.9 Å². The van der Waals surface area contributed by atoms with E-state index in [-0.39, 0.29) is 18.9 Å². The van der Waals surface area contributed by atoms with Gasteiger partial charge in [0.1, 0.15) is 28.9 Å². The predicted molar refractivity (Wildman–Crippen MR) is 122 cm³/mol. The zero-order chi connectivity index (χ0) is 22.3. The molecule has 2 heterocycles. The largest absolute Gasteiger partial charge is 0.497 e. The van der Waals surface area contributed by atoms with Crippen molar-refractivity contribution >= 4 is 17.2 Å². The number of amides is 1. The smallest absolute Gasteiger partial charge is 0.226 e. The molecule has 164 valence electrons. The first kappa shape index (κ1) is 21.5. The summed E-state index contributed by atoms with van der Waals surface area (Å²) in [5, 5.41) is 12.6. The first-order chi connectivity index (χ1) is 15.6. The molecule has 0 atom stereocenters. The molecule has 32 heavy (non-hydrogen) atoms. The van der Waals surface area contributed by atoms with Crippen LogP contribution < -0.4 is 14.8 Å². The van der Waals surface area contributed by atoms with Gasteiger partial charge in [0, 0.05) is 10.9 Å². The molecule has 0 aliphatic rings. The highest BCUT2D eigenvalue weighted by molar-refractivity contribution is 7.09. The molecule has 0 aliphatic carbocycles. The Morgan fingerprint density at radius 1 is 1.06 bits per heavy atom. The number of hydrogen-bond acceptors (Lipinski definition) is 7. The van der Waals surface area contributed by atoms with Crippen LogP contribution in [0.3, 0.4) is 0 Å². The standard InChI is InChI=1S/C23H23N5O3S/c1-15-3-7-19(8-4-15)31-13-22-25-17(14-32-22)11-21(29)24-12-20-26-23(28-27-20)16-5-9-18(30-2)10-6-16/h3-10,14H,11-13H2,1-2H3,(H,24,29)(H,26,27,28). The van der Waals surface area contributed by atoms with Crippen molar-refractivity contribution in [3.63, 3.8) is 0 Å². The molecule has 8 nitrogen and oxygen atoms in total. The molecule has 0 saturated heterocycles. The van der Waals surface area contributed by atoms with E-state index in [0.717, 1.165) is 22.1 Å². The lowest BCUT2D eigenvalue weighted by atomic mass is 10.2. The summed E-state index contributed by atoms with van der Waals surface area (Å²) in [6, 6.07) is 15.3. The van der Waals surface area contributed by atoms with E-state index in [4.69, 9.17) is 9.47 Å². The molecule has 9 heteroatoms. The van der Waals surface area contributed by atoms with Crippen molar-refractivity contribution in [1.29, 1.82) is 0 Å². The summed E-state index contributed by atoms with van der Waals surface area (Å²) in [7, 11) is 1.62. The van der Waals surface area contributed by atoms with Crippen molar-refractivity contribution < 1.29 is 14.3 Å². The van der Waals surface area contributed by atoms with Crippen molar-refractivity contribution in [2.45, 2.75) is 26.5 Å². The number of carbonyl (C=O) groups is 1. The Morgan fingerprint density at radius 2 is 1.81 bits per heavy atom. The molecule has 2 aromatic heterocycles. The number of aryl methyl sites for hydroxylation is 1. The van der Waals surface area contributed by atoms with Gasteiger partial charge < -0.3 is 14.8 Å². The lowest BCUT2D eigenvalue weighted by Gasteiger charge is -2.04. The van der Waals surface area contributed by atoms with Crippen LogP contribution in [0.4, 0.5) is 0 Å². The van der Waals surface area contributed by atoms with E-state index in [1.165, 1.54) is 16.9 Å². The highest BCUT2D eigenvalue weighted by atomic mass is 32.1. The summed E-state index contributed by atoms with van der Waals surface area (Å²) < 4.78 is 10.9. The number of carbonyl (C=O) groups excluding carboxylic acids is 1. The molecule has 0 bridgehead atoms. The minimum absolute atomic E-state index is 0.135. The molecule has 2 N–H and O–H groups in total. The van der Waals surface area contributed by atoms with Crippen molar-refractivity contribution in [2.75, 3.05) is 7.11 Å². The molecule has 0 saturated carbocycles. The van der Waals surface area contributed by atoms with Gasteiger partial charge >= 0.3 is 0 Å². The number of ether oxygens (including phenoxy) is 2. The van der Waals surface area contributed by atoms with Gasteiger partial charge in [0.05, 0.1) is 25.8 Å². The number of aromatic amines is 1. The average Bonchev–Trinajstić information content (AvgIpc) is 3.47. The Balaban J connectivity index is 1.24. The van der Waals surface area contributed by atoms with Gasteiger partial charge in [-0.05, 0) is 43.3 Å². The highest BCUT2D eigenvalue weighted by Crippen LogP contribution is 2.19. The maximum absolute atomic E-state index is 12.3. The van der Waals surface area contributed by atoms with Gasteiger partial charge in [-0.1, -0.05) is 17.7 Å². The van der Waals surface area contributed by atoms with Crippen LogP contribution in [-0.2, 0) is 24.4 Å². The molecule has 0 radical (unpaired) electrons. The van der Waals surface area contributed by atoms with Crippen molar-refractivity contribution in [3.8, 4) is 22.9 Å². The summed E-state index contributed by atoms with van der Waals surface area (Å²) in [6.45, 7) is 2.67. The monoisotopic (exact) mass is 449 g/mol. The van der Waals surface area contributed by atoms with Gasteiger partial charge in [-0.25, -0.2) is 9.97 Å². The van der Waals surface area contributed by atoms with E-state index in [2.05, 4.69) is 25.5 Å². The van der Waals surface area contributed by atoms with E-state index in [9.17, 15) is 4.79 Å². The number of hydrogen-bond donors (Lipinski definition) is 2. The fourth-order valence-corrected chi connectivity index (χ4v) is 3.63. The van der Waals surface area contributed by atoms with E-state index >= 15 is 0 Å². The number of aromatic nitrogens is 4. The Morgan fingerprint density at radius 3 is 2.56 bits per heavy atom. The minimum Gasteiger partial charge on any atom is -0.497 e. The van der Waals surface area contributed by atoms with Gasteiger partial charge in [0.2, 0.25) is 5.91 Å². The van der Waals surface area contributed by atoms with Crippen LogP contribution >= 0.6 is 11.3 Å². The quantitative estimate of drug-likeness (QED) is 0.404. The topological polar surface area (TPSA) is 102 Å².